The highest BCUT2D eigenvalue weighted by molar-refractivity contribution is 5.77. The maximum atomic E-state index is 10.5. The van der Waals surface area contributed by atoms with Crippen molar-refractivity contribution in [2.24, 2.45) is 0 Å². The van der Waals surface area contributed by atoms with Crippen molar-refractivity contribution >= 4 is 11.7 Å². The number of carboxylic acids is 1. The quantitative estimate of drug-likeness (QED) is 0.428. The standard InChI is InChI=1S/C9H11NO4/c1-5(9(13)14)10-7-4-6(11)2-3-8(7)12/h2-5,10-12H,1H3,(H,13,14). The molecule has 0 heterocycles. The molecule has 5 nitrogen and oxygen atoms in total. The fraction of sp³-hybridized carbons (Fsp3) is 0.222. The minimum absolute atomic E-state index is 0.0390. The summed E-state index contributed by atoms with van der Waals surface area (Å²) in [5.74, 6) is -1.17. The summed E-state index contributed by atoms with van der Waals surface area (Å²) in [6.07, 6.45) is 0. The van der Waals surface area contributed by atoms with Gasteiger partial charge in [0.05, 0.1) is 5.69 Å². The SMILES string of the molecule is CC(Nc1cc(O)ccc1O)C(=O)O. The van der Waals surface area contributed by atoms with Gasteiger partial charge in [0, 0.05) is 6.07 Å². The molecule has 0 amide bonds. The van der Waals surface area contributed by atoms with E-state index >= 15 is 0 Å². The van der Waals surface area contributed by atoms with Crippen molar-refractivity contribution in [1.82, 2.24) is 0 Å². The van der Waals surface area contributed by atoms with Gasteiger partial charge in [-0.3, -0.25) is 4.79 Å². The van der Waals surface area contributed by atoms with Crippen molar-refractivity contribution in [3.8, 4) is 11.5 Å². The molecule has 0 aromatic heterocycles. The number of carboxylic acid groups (broad SMARTS) is 1. The molecule has 0 radical (unpaired) electrons. The predicted molar refractivity (Wildman–Crippen MR) is 50.5 cm³/mol. The van der Waals surface area contributed by atoms with Gasteiger partial charge in [-0.15, -0.1) is 0 Å². The second-order valence-electron chi connectivity index (χ2n) is 2.91. The molecule has 0 bridgehead atoms. The van der Waals surface area contributed by atoms with E-state index in [-0.39, 0.29) is 17.2 Å². The molecule has 1 rings (SSSR count). The third-order valence-corrected chi connectivity index (χ3v) is 1.72. The zero-order chi connectivity index (χ0) is 10.7. The van der Waals surface area contributed by atoms with Crippen LogP contribution in [0.25, 0.3) is 0 Å². The lowest BCUT2D eigenvalue weighted by atomic mass is 10.2. The van der Waals surface area contributed by atoms with Gasteiger partial charge in [-0.25, -0.2) is 0 Å². The van der Waals surface area contributed by atoms with Crippen LogP contribution in [0.5, 0.6) is 11.5 Å². The smallest absolute Gasteiger partial charge is 0.325 e. The van der Waals surface area contributed by atoms with Gasteiger partial charge in [-0.1, -0.05) is 0 Å². The molecule has 4 N–H and O–H groups in total. The van der Waals surface area contributed by atoms with Crippen molar-refractivity contribution in [3.63, 3.8) is 0 Å². The van der Waals surface area contributed by atoms with Crippen LogP contribution in [0.4, 0.5) is 5.69 Å². The summed E-state index contributed by atoms with van der Waals surface area (Å²) < 4.78 is 0. The predicted octanol–water partition coefficient (Wildman–Crippen LogP) is 0.983. The molecule has 0 saturated carbocycles. The van der Waals surface area contributed by atoms with Crippen molar-refractivity contribution in [3.05, 3.63) is 18.2 Å². The number of benzene rings is 1. The molecule has 0 fully saturated rings. The van der Waals surface area contributed by atoms with Crippen LogP contribution in [0, 0.1) is 0 Å². The van der Waals surface area contributed by atoms with Gasteiger partial charge in [-0.05, 0) is 19.1 Å². The molecule has 1 aromatic carbocycles. The highest BCUT2D eigenvalue weighted by Gasteiger charge is 2.12. The van der Waals surface area contributed by atoms with E-state index < -0.39 is 12.0 Å². The first-order valence-corrected chi connectivity index (χ1v) is 4.02. The van der Waals surface area contributed by atoms with Crippen LogP contribution < -0.4 is 5.32 Å². The number of aromatic hydroxyl groups is 2. The molecule has 1 unspecified atom stereocenters. The number of anilines is 1. The van der Waals surface area contributed by atoms with Crippen LogP contribution in [0.15, 0.2) is 18.2 Å². The average molecular weight is 197 g/mol. The molecule has 5 heteroatoms. The van der Waals surface area contributed by atoms with Crippen molar-refractivity contribution in [2.75, 3.05) is 5.32 Å². The lowest BCUT2D eigenvalue weighted by molar-refractivity contribution is -0.137. The van der Waals surface area contributed by atoms with Crippen LogP contribution in [0.3, 0.4) is 0 Å². The van der Waals surface area contributed by atoms with E-state index in [2.05, 4.69) is 5.32 Å². The third-order valence-electron chi connectivity index (χ3n) is 1.72. The normalized spacial score (nSPS) is 12.1. The minimum Gasteiger partial charge on any atom is -0.508 e. The number of rotatable bonds is 3. The first-order chi connectivity index (χ1) is 6.50. The zero-order valence-electron chi connectivity index (χ0n) is 7.56. The van der Waals surface area contributed by atoms with Crippen LogP contribution in [0.2, 0.25) is 0 Å². The van der Waals surface area contributed by atoms with Crippen molar-refractivity contribution in [2.45, 2.75) is 13.0 Å². The first-order valence-electron chi connectivity index (χ1n) is 4.02. The molecule has 0 aliphatic rings. The molecular weight excluding hydrogens is 186 g/mol. The third kappa shape index (κ3) is 2.29. The van der Waals surface area contributed by atoms with E-state index in [1.165, 1.54) is 25.1 Å². The van der Waals surface area contributed by atoms with E-state index in [4.69, 9.17) is 10.2 Å². The summed E-state index contributed by atoms with van der Waals surface area (Å²) in [5.41, 5.74) is 0.194. The Bertz CT molecular complexity index is 351. The Morgan fingerprint density at radius 1 is 1.43 bits per heavy atom. The molecule has 1 atom stereocenters. The summed E-state index contributed by atoms with van der Waals surface area (Å²) in [5, 5.41) is 29.5. The minimum atomic E-state index is -1.03. The van der Waals surface area contributed by atoms with Crippen molar-refractivity contribution in [1.29, 1.82) is 0 Å². The fourth-order valence-corrected chi connectivity index (χ4v) is 0.935. The molecule has 76 valence electrons. The van der Waals surface area contributed by atoms with Crippen LogP contribution >= 0.6 is 0 Å². The van der Waals surface area contributed by atoms with Gasteiger partial charge in [0.2, 0.25) is 0 Å². The van der Waals surface area contributed by atoms with E-state index in [0.717, 1.165) is 0 Å². The number of carbonyl (C=O) groups is 1. The van der Waals surface area contributed by atoms with Gasteiger partial charge in [0.15, 0.2) is 0 Å². The van der Waals surface area contributed by atoms with E-state index in [1.54, 1.807) is 0 Å². The largest absolute Gasteiger partial charge is 0.508 e. The Morgan fingerprint density at radius 2 is 2.07 bits per heavy atom. The Morgan fingerprint density at radius 3 is 2.64 bits per heavy atom. The Balaban J connectivity index is 2.85. The maximum Gasteiger partial charge on any atom is 0.325 e. The number of nitrogens with one attached hydrogen (secondary N) is 1. The van der Waals surface area contributed by atoms with Gasteiger partial charge in [0.25, 0.3) is 0 Å². The number of phenolic OH excluding ortho intramolecular Hbond substituents is 2. The van der Waals surface area contributed by atoms with Gasteiger partial charge >= 0.3 is 5.97 Å². The van der Waals surface area contributed by atoms with Crippen LogP contribution in [0.1, 0.15) is 6.92 Å². The number of hydrogen-bond acceptors (Lipinski definition) is 4. The molecule has 0 spiro atoms. The molecule has 14 heavy (non-hydrogen) atoms. The summed E-state index contributed by atoms with van der Waals surface area (Å²) in [4.78, 5) is 10.5. The highest BCUT2D eigenvalue weighted by Crippen LogP contribution is 2.27. The number of phenols is 2. The molecule has 0 saturated heterocycles. The van der Waals surface area contributed by atoms with Crippen LogP contribution in [-0.4, -0.2) is 27.3 Å². The Hall–Kier alpha value is -1.91. The molecule has 0 aliphatic carbocycles. The molecule has 1 aromatic rings. The Kier molecular flexibility index (Phi) is 2.81. The Labute approximate surface area is 80.6 Å². The lowest BCUT2D eigenvalue weighted by Crippen LogP contribution is -2.25. The number of aliphatic carboxylic acids is 1. The molecular formula is C9H11NO4. The van der Waals surface area contributed by atoms with Gasteiger partial charge < -0.3 is 20.6 Å². The zero-order valence-corrected chi connectivity index (χ0v) is 7.56. The summed E-state index contributed by atoms with van der Waals surface area (Å²) in [6, 6.07) is 3.02. The first kappa shape index (κ1) is 10.2. The fourth-order valence-electron chi connectivity index (χ4n) is 0.935. The highest BCUT2D eigenvalue weighted by atomic mass is 16.4. The second-order valence-corrected chi connectivity index (χ2v) is 2.91. The second kappa shape index (κ2) is 3.87. The average Bonchev–Trinajstić information content (AvgIpc) is 2.11. The topological polar surface area (TPSA) is 89.8 Å². The van der Waals surface area contributed by atoms with E-state index in [9.17, 15) is 9.90 Å². The monoisotopic (exact) mass is 197 g/mol. The van der Waals surface area contributed by atoms with Gasteiger partial charge in [-0.2, -0.15) is 0 Å². The van der Waals surface area contributed by atoms with E-state index in [0.29, 0.717) is 0 Å². The van der Waals surface area contributed by atoms with Gasteiger partial charge in [0.1, 0.15) is 17.5 Å². The summed E-state index contributed by atoms with van der Waals surface area (Å²) in [7, 11) is 0. The number of hydrogen-bond donors (Lipinski definition) is 4. The summed E-state index contributed by atoms with van der Waals surface area (Å²) in [6.45, 7) is 1.44. The lowest BCUT2D eigenvalue weighted by Gasteiger charge is -2.12. The van der Waals surface area contributed by atoms with Crippen molar-refractivity contribution < 1.29 is 20.1 Å². The molecule has 0 aliphatic heterocycles. The van der Waals surface area contributed by atoms with Crippen LogP contribution in [-0.2, 0) is 4.79 Å². The summed E-state index contributed by atoms with van der Waals surface area (Å²) >= 11 is 0. The van der Waals surface area contributed by atoms with E-state index in [1.807, 2.05) is 0 Å². The maximum absolute atomic E-state index is 10.5.